The second-order valence-electron chi connectivity index (χ2n) is 5.21. The number of ketones is 1. The number of nitrogens with one attached hydrogen (secondary N) is 1. The van der Waals surface area contributed by atoms with E-state index >= 15 is 0 Å². The van der Waals surface area contributed by atoms with Crippen molar-refractivity contribution in [2.75, 3.05) is 18.2 Å². The summed E-state index contributed by atoms with van der Waals surface area (Å²) in [5.74, 6) is 0.447. The highest BCUT2D eigenvalue weighted by Gasteiger charge is 2.22. The van der Waals surface area contributed by atoms with Crippen LogP contribution in [0.1, 0.15) is 20.8 Å². The van der Waals surface area contributed by atoms with Crippen LogP contribution in [0.5, 0.6) is 5.75 Å². The fourth-order valence-corrected chi connectivity index (χ4v) is 3.39. The van der Waals surface area contributed by atoms with Crippen molar-refractivity contribution in [2.24, 2.45) is 0 Å². The Morgan fingerprint density at radius 2 is 1.84 bits per heavy atom. The van der Waals surface area contributed by atoms with Gasteiger partial charge in [-0.05, 0) is 36.4 Å². The Balaban J connectivity index is 1.96. The molecule has 0 spiro atoms. The Bertz CT molecular complexity index is 941. The zero-order valence-electron chi connectivity index (χ0n) is 13.4. The number of ether oxygens (including phenoxy) is 1. The van der Waals surface area contributed by atoms with Crippen LogP contribution in [0.3, 0.4) is 0 Å². The molecule has 0 aliphatic carbocycles. The highest BCUT2D eigenvalue weighted by molar-refractivity contribution is 7.19. The lowest BCUT2D eigenvalue weighted by Gasteiger charge is -2.03. The van der Waals surface area contributed by atoms with Gasteiger partial charge in [0.25, 0.3) is 0 Å². The predicted molar refractivity (Wildman–Crippen MR) is 99.6 cm³/mol. The third kappa shape index (κ3) is 3.32. The first-order valence-electron chi connectivity index (χ1n) is 7.47. The molecule has 0 fully saturated rings. The van der Waals surface area contributed by atoms with Crippen LogP contribution in [0.25, 0.3) is 0 Å². The molecule has 0 saturated carbocycles. The van der Waals surface area contributed by atoms with Crippen molar-refractivity contribution in [2.45, 2.75) is 0 Å². The Hall–Kier alpha value is -3.30. The molecule has 1 aromatic heterocycles. The van der Waals surface area contributed by atoms with E-state index in [2.05, 4.69) is 11.4 Å². The van der Waals surface area contributed by atoms with Gasteiger partial charge in [0.1, 0.15) is 27.3 Å². The molecule has 0 radical (unpaired) electrons. The minimum absolute atomic E-state index is 0.201. The summed E-state index contributed by atoms with van der Waals surface area (Å²) in [5.41, 5.74) is 7.86. The average Bonchev–Trinajstić information content (AvgIpc) is 2.97. The highest BCUT2D eigenvalue weighted by atomic mass is 32.1. The number of hydrogen-bond acceptors (Lipinski definition) is 6. The number of nitriles is 1. The Labute approximate surface area is 149 Å². The van der Waals surface area contributed by atoms with Crippen molar-refractivity contribution in [1.82, 2.24) is 0 Å². The number of nitrogens with two attached hydrogens (primary N) is 1. The summed E-state index contributed by atoms with van der Waals surface area (Å²) >= 11 is 1.18. The number of benzene rings is 2. The fourth-order valence-electron chi connectivity index (χ4n) is 2.34. The van der Waals surface area contributed by atoms with Crippen LogP contribution in [-0.2, 0) is 0 Å². The monoisotopic (exact) mass is 349 g/mol. The van der Waals surface area contributed by atoms with Crippen molar-refractivity contribution in [3.05, 3.63) is 70.6 Å². The van der Waals surface area contributed by atoms with Crippen LogP contribution in [0.4, 0.5) is 16.4 Å². The first-order chi connectivity index (χ1) is 12.1. The molecule has 124 valence electrons. The van der Waals surface area contributed by atoms with Crippen LogP contribution in [-0.4, -0.2) is 12.9 Å². The van der Waals surface area contributed by atoms with E-state index in [0.717, 1.165) is 5.69 Å². The van der Waals surface area contributed by atoms with Gasteiger partial charge in [0.15, 0.2) is 0 Å². The molecule has 0 amide bonds. The van der Waals surface area contributed by atoms with Crippen LogP contribution in [0.2, 0.25) is 0 Å². The van der Waals surface area contributed by atoms with Crippen LogP contribution in [0.15, 0.2) is 54.6 Å². The van der Waals surface area contributed by atoms with Crippen molar-refractivity contribution < 1.29 is 9.53 Å². The van der Waals surface area contributed by atoms with Crippen molar-refractivity contribution >= 4 is 33.5 Å². The molecule has 0 saturated heterocycles. The van der Waals surface area contributed by atoms with Crippen molar-refractivity contribution in [1.29, 1.82) is 5.26 Å². The Morgan fingerprint density at radius 1 is 1.16 bits per heavy atom. The van der Waals surface area contributed by atoms with E-state index in [-0.39, 0.29) is 17.0 Å². The zero-order chi connectivity index (χ0) is 17.8. The Morgan fingerprint density at radius 3 is 2.44 bits per heavy atom. The van der Waals surface area contributed by atoms with E-state index < -0.39 is 0 Å². The normalized spacial score (nSPS) is 10.1. The molecule has 2 aromatic carbocycles. The number of nitrogen functional groups attached to an aromatic ring is 1. The van der Waals surface area contributed by atoms with Crippen LogP contribution < -0.4 is 15.8 Å². The minimum Gasteiger partial charge on any atom is -0.497 e. The number of hydrogen-bond donors (Lipinski definition) is 2. The zero-order valence-corrected chi connectivity index (χ0v) is 14.3. The van der Waals surface area contributed by atoms with E-state index in [0.29, 0.717) is 21.2 Å². The number of carbonyl (C=O) groups excluding carboxylic acids is 1. The minimum atomic E-state index is -0.220. The maximum absolute atomic E-state index is 12.8. The number of para-hydroxylation sites is 1. The highest BCUT2D eigenvalue weighted by Crippen LogP contribution is 2.38. The number of anilines is 3. The SMILES string of the molecule is COc1ccc(C(=O)c2sc(Nc3ccccc3)c(C#N)c2N)cc1. The molecular weight excluding hydrogens is 334 g/mol. The van der Waals surface area contributed by atoms with Gasteiger partial charge in [-0.2, -0.15) is 5.26 Å². The topological polar surface area (TPSA) is 88.1 Å². The quantitative estimate of drug-likeness (QED) is 0.675. The van der Waals surface area contributed by atoms with Gasteiger partial charge in [-0.1, -0.05) is 18.2 Å². The van der Waals surface area contributed by atoms with Gasteiger partial charge in [-0.25, -0.2) is 0 Å². The molecule has 5 nitrogen and oxygen atoms in total. The van der Waals surface area contributed by atoms with Gasteiger partial charge in [0.05, 0.1) is 12.8 Å². The average molecular weight is 349 g/mol. The number of nitrogens with zero attached hydrogens (tertiary/aromatic N) is 1. The van der Waals surface area contributed by atoms with Gasteiger partial charge in [-0.3, -0.25) is 4.79 Å². The van der Waals surface area contributed by atoms with Crippen molar-refractivity contribution in [3.8, 4) is 11.8 Å². The fraction of sp³-hybridized carbons (Fsp3) is 0.0526. The number of thiophene rings is 1. The third-order valence-electron chi connectivity index (χ3n) is 3.65. The van der Waals surface area contributed by atoms with E-state index in [1.807, 2.05) is 30.3 Å². The van der Waals surface area contributed by atoms with Crippen molar-refractivity contribution in [3.63, 3.8) is 0 Å². The maximum atomic E-state index is 12.8. The molecule has 0 aliphatic rings. The van der Waals surface area contributed by atoms with E-state index in [1.54, 1.807) is 31.4 Å². The van der Waals surface area contributed by atoms with E-state index in [4.69, 9.17) is 10.5 Å². The summed E-state index contributed by atoms with van der Waals surface area (Å²) < 4.78 is 5.10. The third-order valence-corrected chi connectivity index (χ3v) is 4.77. The maximum Gasteiger partial charge on any atom is 0.205 e. The summed E-state index contributed by atoms with van der Waals surface area (Å²) in [6, 6.07) is 18.3. The van der Waals surface area contributed by atoms with Gasteiger partial charge in [-0.15, -0.1) is 11.3 Å². The smallest absolute Gasteiger partial charge is 0.205 e. The molecule has 0 atom stereocenters. The standard InChI is InChI=1S/C19H15N3O2S/c1-24-14-9-7-12(8-10-14)17(23)18-16(21)15(11-20)19(25-18)22-13-5-3-2-4-6-13/h2-10,22H,21H2,1H3. The molecular formula is C19H15N3O2S. The van der Waals surface area contributed by atoms with Gasteiger partial charge >= 0.3 is 0 Å². The molecule has 3 N–H and O–H groups in total. The number of methoxy groups -OCH3 is 1. The second-order valence-corrected chi connectivity index (χ2v) is 6.23. The van der Waals surface area contributed by atoms with E-state index in [9.17, 15) is 10.1 Å². The molecule has 3 aromatic rings. The summed E-state index contributed by atoms with van der Waals surface area (Å²) in [6.45, 7) is 0. The number of rotatable bonds is 5. The van der Waals surface area contributed by atoms with Crippen LogP contribution >= 0.6 is 11.3 Å². The lowest BCUT2D eigenvalue weighted by molar-refractivity contribution is 0.104. The molecule has 0 bridgehead atoms. The lowest BCUT2D eigenvalue weighted by Crippen LogP contribution is -2.02. The first-order valence-corrected chi connectivity index (χ1v) is 8.29. The lowest BCUT2D eigenvalue weighted by atomic mass is 10.1. The molecule has 3 rings (SSSR count). The Kier molecular flexibility index (Phi) is 4.68. The summed E-state index contributed by atoms with van der Waals surface area (Å²) in [4.78, 5) is 13.1. The molecule has 1 heterocycles. The molecule has 0 aliphatic heterocycles. The van der Waals surface area contributed by atoms with Gasteiger partial charge in [0, 0.05) is 11.3 Å². The first kappa shape index (κ1) is 16.6. The van der Waals surface area contributed by atoms with Crippen LogP contribution in [0, 0.1) is 11.3 Å². The second kappa shape index (κ2) is 7.07. The van der Waals surface area contributed by atoms with Gasteiger partial charge < -0.3 is 15.8 Å². The summed E-state index contributed by atoms with van der Waals surface area (Å²) in [6.07, 6.45) is 0. The molecule has 0 unspecified atom stereocenters. The predicted octanol–water partition coefficient (Wildman–Crippen LogP) is 4.19. The molecule has 6 heteroatoms. The largest absolute Gasteiger partial charge is 0.497 e. The molecule has 25 heavy (non-hydrogen) atoms. The van der Waals surface area contributed by atoms with E-state index in [1.165, 1.54) is 11.3 Å². The van der Waals surface area contributed by atoms with Gasteiger partial charge in [0.2, 0.25) is 5.78 Å². The summed E-state index contributed by atoms with van der Waals surface area (Å²) in [5, 5.41) is 13.1. The summed E-state index contributed by atoms with van der Waals surface area (Å²) in [7, 11) is 1.56. The number of carbonyl (C=O) groups is 1.